The number of anilines is 3. The van der Waals surface area contributed by atoms with E-state index < -0.39 is 0 Å². The van der Waals surface area contributed by atoms with E-state index in [4.69, 9.17) is 0 Å². The van der Waals surface area contributed by atoms with Gasteiger partial charge in [0.1, 0.15) is 0 Å². The molecule has 272 valence electrons. The molecule has 1 aromatic heterocycles. The molecule has 4 saturated carbocycles. The molecule has 6 aromatic carbocycles. The molecule has 7 aromatic rings. The van der Waals surface area contributed by atoms with E-state index in [9.17, 15) is 0 Å². The van der Waals surface area contributed by atoms with Crippen LogP contribution in [0.3, 0.4) is 0 Å². The molecule has 56 heavy (non-hydrogen) atoms. The van der Waals surface area contributed by atoms with Gasteiger partial charge in [-0.3, -0.25) is 0 Å². The van der Waals surface area contributed by atoms with Gasteiger partial charge in [-0.15, -0.1) is 11.3 Å². The van der Waals surface area contributed by atoms with Crippen molar-refractivity contribution in [2.24, 2.45) is 17.8 Å². The monoisotopic (exact) mass is 739 g/mol. The first-order valence-corrected chi connectivity index (χ1v) is 22.1. The molecule has 5 aliphatic carbocycles. The minimum atomic E-state index is -0.153. The predicted octanol–water partition coefficient (Wildman–Crippen LogP) is 11.7. The lowest BCUT2D eigenvalue weighted by Crippen LogP contribution is -2.63. The van der Waals surface area contributed by atoms with Crippen LogP contribution in [0, 0.1) is 17.8 Å². The number of thiophene rings is 1. The van der Waals surface area contributed by atoms with Crippen LogP contribution in [0.5, 0.6) is 0 Å². The van der Waals surface area contributed by atoms with Crippen molar-refractivity contribution < 1.29 is 0 Å². The van der Waals surface area contributed by atoms with Crippen LogP contribution in [0.2, 0.25) is 0 Å². The van der Waals surface area contributed by atoms with Crippen molar-refractivity contribution in [3.05, 3.63) is 155 Å². The van der Waals surface area contributed by atoms with Crippen molar-refractivity contribution >= 4 is 60.9 Å². The average Bonchev–Trinajstić information content (AvgIpc) is 3.58. The van der Waals surface area contributed by atoms with E-state index in [2.05, 4.69) is 146 Å². The largest absolute Gasteiger partial charge is 0.310 e. The normalized spacial score (nSPS) is 24.4. The first-order valence-electron chi connectivity index (χ1n) is 21.3. The molecule has 0 amide bonds. The average molecular weight is 740 g/mol. The molecule has 4 bridgehead atoms. The van der Waals surface area contributed by atoms with Crippen LogP contribution in [-0.4, -0.2) is 6.71 Å². The van der Waals surface area contributed by atoms with Gasteiger partial charge >= 0.3 is 0 Å². The molecule has 0 radical (unpaired) electrons. The second-order valence-corrected chi connectivity index (χ2v) is 20.1. The van der Waals surface area contributed by atoms with Crippen LogP contribution in [0.1, 0.15) is 80.2 Å². The molecule has 0 N–H and O–H groups in total. The fourth-order valence-electron chi connectivity index (χ4n) is 13.2. The standard InChI is InChI=1S/C53H46BNS/c1-52(2)44-26-40(36-11-7-4-8-12-36)16-19-46(44)54-49-45(52)27-41(53-29-32-21-33(30-53)23-34(22-32)31-53)28-47(49)55(42-18-15-37-13-14-38(37)24-42)50-43-25-39(35-9-5-3-6-10-35)17-20-48(43)56-51(50)54/h3-12,15-20,24-28,32-34H,13-14,21-23,29-31H2,1-2H3. The van der Waals surface area contributed by atoms with Crippen molar-refractivity contribution in [2.75, 3.05) is 4.90 Å². The second-order valence-electron chi connectivity index (χ2n) is 19.1. The van der Waals surface area contributed by atoms with Gasteiger partial charge in [-0.25, -0.2) is 0 Å². The summed E-state index contributed by atoms with van der Waals surface area (Å²) in [6.07, 6.45) is 10.9. The first-order chi connectivity index (χ1) is 27.4. The van der Waals surface area contributed by atoms with Gasteiger partial charge < -0.3 is 4.90 Å². The number of benzene rings is 6. The van der Waals surface area contributed by atoms with Gasteiger partial charge in [-0.05, 0) is 160 Å². The molecule has 14 rings (SSSR count). The van der Waals surface area contributed by atoms with Gasteiger partial charge in [0.15, 0.2) is 0 Å². The fourth-order valence-corrected chi connectivity index (χ4v) is 14.5. The minimum Gasteiger partial charge on any atom is -0.310 e. The van der Waals surface area contributed by atoms with Gasteiger partial charge in [-0.2, -0.15) is 0 Å². The van der Waals surface area contributed by atoms with Crippen LogP contribution >= 0.6 is 11.3 Å². The molecular formula is C53H46BNS. The molecule has 1 nitrogen and oxygen atoms in total. The predicted molar refractivity (Wildman–Crippen MR) is 238 cm³/mol. The summed E-state index contributed by atoms with van der Waals surface area (Å²) in [6.45, 7) is 5.27. The van der Waals surface area contributed by atoms with Gasteiger partial charge in [0.05, 0.1) is 5.69 Å². The smallest absolute Gasteiger partial charge is 0.260 e. The summed E-state index contributed by atoms with van der Waals surface area (Å²) in [5.74, 6) is 2.70. The Morgan fingerprint density at radius 2 is 1.27 bits per heavy atom. The van der Waals surface area contributed by atoms with Gasteiger partial charge in [0.2, 0.25) is 0 Å². The van der Waals surface area contributed by atoms with E-state index in [1.807, 2.05) is 11.3 Å². The molecule has 7 aliphatic rings. The third-order valence-corrected chi connectivity index (χ3v) is 16.8. The van der Waals surface area contributed by atoms with Gasteiger partial charge in [-0.1, -0.05) is 116 Å². The summed E-state index contributed by atoms with van der Waals surface area (Å²) < 4.78 is 2.87. The quantitative estimate of drug-likeness (QED) is 0.163. The molecule has 0 spiro atoms. The third kappa shape index (κ3) is 4.44. The Bertz CT molecular complexity index is 2740. The zero-order valence-electron chi connectivity index (χ0n) is 32.4. The van der Waals surface area contributed by atoms with Crippen molar-refractivity contribution in [1.82, 2.24) is 0 Å². The highest BCUT2D eigenvalue weighted by atomic mass is 32.1. The van der Waals surface area contributed by atoms with E-state index in [0.29, 0.717) is 5.41 Å². The van der Waals surface area contributed by atoms with Crippen molar-refractivity contribution in [3.8, 4) is 22.3 Å². The van der Waals surface area contributed by atoms with Crippen LogP contribution in [-0.2, 0) is 23.7 Å². The summed E-state index contributed by atoms with van der Waals surface area (Å²) in [7, 11) is 0. The number of hydrogen-bond acceptors (Lipinski definition) is 2. The Morgan fingerprint density at radius 1 is 0.607 bits per heavy atom. The minimum absolute atomic E-state index is 0.153. The molecule has 2 aliphatic heterocycles. The Morgan fingerprint density at radius 3 is 1.93 bits per heavy atom. The molecular weight excluding hydrogens is 693 g/mol. The number of nitrogens with zero attached hydrogens (tertiary/aromatic N) is 1. The summed E-state index contributed by atoms with van der Waals surface area (Å²) in [4.78, 5) is 2.76. The molecule has 0 atom stereocenters. The number of hydrogen-bond donors (Lipinski definition) is 0. The Balaban J connectivity index is 1.12. The second kappa shape index (κ2) is 11.4. The molecule has 3 heteroatoms. The Labute approximate surface area is 335 Å². The summed E-state index contributed by atoms with van der Waals surface area (Å²) in [6, 6.07) is 49.7. The topological polar surface area (TPSA) is 3.24 Å². The molecule has 0 unspecified atom stereocenters. The maximum Gasteiger partial charge on any atom is 0.260 e. The van der Waals surface area contributed by atoms with E-state index in [-0.39, 0.29) is 12.1 Å². The zero-order valence-corrected chi connectivity index (χ0v) is 33.3. The van der Waals surface area contributed by atoms with E-state index in [1.54, 1.807) is 16.6 Å². The van der Waals surface area contributed by atoms with Crippen LogP contribution < -0.4 is 20.6 Å². The van der Waals surface area contributed by atoms with Gasteiger partial charge in [0, 0.05) is 31.7 Å². The maximum atomic E-state index is 2.78. The summed E-state index contributed by atoms with van der Waals surface area (Å²) in [5, 5.41) is 1.38. The van der Waals surface area contributed by atoms with E-state index >= 15 is 0 Å². The number of rotatable bonds is 4. The molecule has 0 saturated heterocycles. The highest BCUT2D eigenvalue weighted by Gasteiger charge is 2.54. The Kier molecular flexibility index (Phi) is 6.56. The number of fused-ring (bicyclic) bond motifs is 7. The SMILES string of the molecule is CC1(C)c2cc(-c3ccccc3)ccc2B2c3sc4ccc(-c5ccccc5)cc4c3N(c3ccc4c(c3)CC4)c3cc(C45CC6CC(CC(C6)C4)C5)cc1c32. The Hall–Kier alpha value is -4.86. The lowest BCUT2D eigenvalue weighted by molar-refractivity contribution is -0.00521. The zero-order chi connectivity index (χ0) is 36.9. The fraction of sp³-hybridized carbons (Fsp3) is 0.283. The highest BCUT2D eigenvalue weighted by molar-refractivity contribution is 7.33. The van der Waals surface area contributed by atoms with Crippen molar-refractivity contribution in [3.63, 3.8) is 0 Å². The third-order valence-electron chi connectivity index (χ3n) is 15.5. The molecule has 4 fully saturated rings. The first kappa shape index (κ1) is 32.3. The number of aryl methyl sites for hydroxylation is 2. The van der Waals surface area contributed by atoms with Crippen molar-refractivity contribution in [1.29, 1.82) is 0 Å². The lowest BCUT2D eigenvalue weighted by Gasteiger charge is -2.57. The van der Waals surface area contributed by atoms with E-state index in [1.165, 1.54) is 128 Å². The lowest BCUT2D eigenvalue weighted by atomic mass is 9.32. The van der Waals surface area contributed by atoms with Crippen LogP contribution in [0.4, 0.5) is 17.1 Å². The summed E-state index contributed by atoms with van der Waals surface area (Å²) in [5.41, 5.74) is 20.3. The molecule has 3 heterocycles. The van der Waals surface area contributed by atoms with E-state index in [0.717, 1.165) is 17.8 Å². The van der Waals surface area contributed by atoms with Gasteiger partial charge in [0.25, 0.3) is 6.71 Å². The maximum absolute atomic E-state index is 2.78. The van der Waals surface area contributed by atoms with Crippen molar-refractivity contribution in [2.45, 2.75) is 76.0 Å². The van der Waals surface area contributed by atoms with Crippen LogP contribution in [0.15, 0.2) is 127 Å². The van der Waals surface area contributed by atoms with Crippen LogP contribution in [0.25, 0.3) is 32.3 Å². The highest BCUT2D eigenvalue weighted by Crippen LogP contribution is 2.62. The summed E-state index contributed by atoms with van der Waals surface area (Å²) >= 11 is 2.04.